The van der Waals surface area contributed by atoms with E-state index < -0.39 is 41.0 Å². The molecule has 1 aliphatic carbocycles. The number of nitrogens with zero attached hydrogens (tertiary/aromatic N) is 3. The summed E-state index contributed by atoms with van der Waals surface area (Å²) in [5.74, 6) is -3.40. The van der Waals surface area contributed by atoms with Gasteiger partial charge in [-0.25, -0.2) is 8.78 Å². The van der Waals surface area contributed by atoms with Gasteiger partial charge in [0.15, 0.2) is 0 Å². The largest absolute Gasteiger partial charge is 0.480 e. The number of hydrogen-bond donors (Lipinski definition) is 2. The number of likely N-dealkylation sites (tertiary alicyclic amines) is 1. The van der Waals surface area contributed by atoms with Crippen LogP contribution in [0.2, 0.25) is 0 Å². The average molecular weight is 570 g/mol. The fourth-order valence-corrected chi connectivity index (χ4v) is 6.92. The van der Waals surface area contributed by atoms with E-state index in [2.05, 4.69) is 12.1 Å². The minimum Gasteiger partial charge on any atom is -0.480 e. The normalized spacial score (nSPS) is 24.4. The van der Waals surface area contributed by atoms with E-state index in [0.29, 0.717) is 44.7 Å². The van der Waals surface area contributed by atoms with Crippen molar-refractivity contribution in [1.29, 1.82) is 0 Å². The summed E-state index contributed by atoms with van der Waals surface area (Å²) in [7, 11) is 0. The highest BCUT2D eigenvalue weighted by molar-refractivity contribution is 5.81. The Kier molecular flexibility index (Phi) is 8.51. The number of amides is 1. The van der Waals surface area contributed by atoms with Gasteiger partial charge < -0.3 is 15.1 Å². The number of hydrogen-bond acceptors (Lipinski definition) is 5. The van der Waals surface area contributed by atoms with Gasteiger partial charge in [-0.3, -0.25) is 19.4 Å². The molecule has 9 heteroatoms. The van der Waals surface area contributed by atoms with Crippen LogP contribution in [-0.4, -0.2) is 93.7 Å². The monoisotopic (exact) mass is 569 g/mol. The van der Waals surface area contributed by atoms with Crippen LogP contribution in [0.25, 0.3) is 0 Å². The van der Waals surface area contributed by atoms with Crippen molar-refractivity contribution in [3.8, 4) is 0 Å². The van der Waals surface area contributed by atoms with Crippen LogP contribution < -0.4 is 0 Å². The van der Waals surface area contributed by atoms with Crippen LogP contribution in [0.15, 0.2) is 36.4 Å². The van der Waals surface area contributed by atoms with E-state index in [1.807, 2.05) is 36.6 Å². The molecule has 4 atom stereocenters. The molecule has 5 rings (SSSR count). The first-order valence-electron chi connectivity index (χ1n) is 14.7. The zero-order chi connectivity index (χ0) is 29.5. The Morgan fingerprint density at radius 1 is 1.02 bits per heavy atom. The summed E-state index contributed by atoms with van der Waals surface area (Å²) in [6.07, 6.45) is 3.66. The van der Waals surface area contributed by atoms with Crippen molar-refractivity contribution >= 4 is 11.9 Å². The highest BCUT2D eigenvalue weighted by Gasteiger charge is 2.47. The Morgan fingerprint density at radius 2 is 1.78 bits per heavy atom. The second-order valence-electron chi connectivity index (χ2n) is 12.6. The smallest absolute Gasteiger partial charge is 0.321 e. The predicted molar refractivity (Wildman–Crippen MR) is 152 cm³/mol. The Balaban J connectivity index is 1.32. The van der Waals surface area contributed by atoms with E-state index in [9.17, 15) is 28.6 Å². The second kappa shape index (κ2) is 11.8. The maximum absolute atomic E-state index is 14.9. The fraction of sp³-hybridized carbons (Fsp3) is 0.562. The Hall–Kier alpha value is -2.88. The lowest BCUT2D eigenvalue weighted by Gasteiger charge is -2.43. The third-order valence-electron chi connectivity index (χ3n) is 9.50. The molecular formula is C32H41F2N3O4. The maximum atomic E-state index is 14.9. The predicted octanol–water partition coefficient (Wildman–Crippen LogP) is 3.47. The Labute approximate surface area is 240 Å². The minimum atomic E-state index is -0.873. The summed E-state index contributed by atoms with van der Waals surface area (Å²) in [6.45, 7) is 7.48. The fourth-order valence-electron chi connectivity index (χ4n) is 6.92. The summed E-state index contributed by atoms with van der Waals surface area (Å²) < 4.78 is 28.6. The lowest BCUT2D eigenvalue weighted by Crippen LogP contribution is -2.59. The number of carbonyl (C=O) groups is 2. The highest BCUT2D eigenvalue weighted by atomic mass is 19.1. The summed E-state index contributed by atoms with van der Waals surface area (Å²) >= 11 is 0. The van der Waals surface area contributed by atoms with E-state index in [1.54, 1.807) is 4.90 Å². The van der Waals surface area contributed by atoms with Gasteiger partial charge in [0.25, 0.3) is 0 Å². The van der Waals surface area contributed by atoms with Gasteiger partial charge in [-0.1, -0.05) is 24.3 Å². The zero-order valence-electron chi connectivity index (χ0n) is 24.2. The van der Waals surface area contributed by atoms with Gasteiger partial charge in [0.05, 0.1) is 12.5 Å². The molecule has 1 amide bonds. The van der Waals surface area contributed by atoms with Crippen molar-refractivity contribution in [2.45, 2.75) is 70.0 Å². The Morgan fingerprint density at radius 3 is 2.46 bits per heavy atom. The number of carboxylic acids is 1. The van der Waals surface area contributed by atoms with Crippen LogP contribution in [0, 0.1) is 17.6 Å². The number of benzene rings is 2. The number of aliphatic hydroxyl groups is 1. The number of halogens is 2. The molecule has 41 heavy (non-hydrogen) atoms. The molecule has 0 saturated carbocycles. The zero-order valence-corrected chi connectivity index (χ0v) is 24.2. The van der Waals surface area contributed by atoms with E-state index in [0.717, 1.165) is 30.9 Å². The number of aryl methyl sites for hydroxylation is 2. The molecule has 7 nitrogen and oxygen atoms in total. The quantitative estimate of drug-likeness (QED) is 0.507. The third-order valence-corrected chi connectivity index (χ3v) is 9.50. The van der Waals surface area contributed by atoms with Crippen LogP contribution in [0.1, 0.15) is 55.4 Å². The van der Waals surface area contributed by atoms with Gasteiger partial charge in [-0.05, 0) is 74.8 Å². The maximum Gasteiger partial charge on any atom is 0.321 e. The second-order valence-corrected chi connectivity index (χ2v) is 12.6. The van der Waals surface area contributed by atoms with Gasteiger partial charge in [0.1, 0.15) is 17.7 Å². The standard InChI is InChI=1S/C32H41F2N3O4/c1-20-16-35(29(31(40)41)14-21-7-8-22-5-4-6-23(22)13-21)11-12-37(20)30(39)27-18-36(32(2,3)19-38)17-26(27)25-10-9-24(33)15-28(25)34/h7-10,13,15,20,26-27,29,38H,4-6,11-12,14,16-19H2,1-3H3,(H,40,41)/t20-,26-,27+,29-/m0/s1. The first-order valence-corrected chi connectivity index (χ1v) is 14.7. The molecule has 2 aromatic carbocycles. The van der Waals surface area contributed by atoms with Gasteiger partial charge in [0.2, 0.25) is 5.91 Å². The van der Waals surface area contributed by atoms with Gasteiger partial charge >= 0.3 is 5.97 Å². The SMILES string of the molecule is C[C@H]1CN([C@@H](Cc2ccc3c(c2)CCC3)C(=O)O)CCN1C(=O)[C@@H]1CN(C(C)(C)CO)C[C@H]1c1ccc(F)cc1F. The average Bonchev–Trinajstić information content (AvgIpc) is 3.59. The first kappa shape index (κ1) is 29.6. The van der Waals surface area contributed by atoms with Crippen molar-refractivity contribution in [3.63, 3.8) is 0 Å². The highest BCUT2D eigenvalue weighted by Crippen LogP contribution is 2.39. The van der Waals surface area contributed by atoms with Crippen molar-refractivity contribution in [2.75, 3.05) is 39.3 Å². The van der Waals surface area contributed by atoms with Crippen LogP contribution in [0.3, 0.4) is 0 Å². The molecule has 2 saturated heterocycles. The van der Waals surface area contributed by atoms with Crippen LogP contribution in [0.4, 0.5) is 8.78 Å². The molecule has 2 aromatic rings. The first-order chi connectivity index (χ1) is 19.5. The van der Waals surface area contributed by atoms with E-state index in [4.69, 9.17) is 0 Å². The van der Waals surface area contributed by atoms with Crippen molar-refractivity contribution < 1.29 is 28.6 Å². The van der Waals surface area contributed by atoms with Crippen molar-refractivity contribution in [1.82, 2.24) is 14.7 Å². The van der Waals surface area contributed by atoms with Crippen molar-refractivity contribution in [3.05, 3.63) is 70.3 Å². The lowest BCUT2D eigenvalue weighted by molar-refractivity contribution is -0.147. The van der Waals surface area contributed by atoms with E-state index in [-0.39, 0.29) is 18.6 Å². The molecule has 0 spiro atoms. The van der Waals surface area contributed by atoms with Crippen molar-refractivity contribution in [2.24, 2.45) is 5.92 Å². The molecule has 2 fully saturated rings. The lowest BCUT2D eigenvalue weighted by atomic mass is 9.87. The Bertz CT molecular complexity index is 1300. The molecule has 0 radical (unpaired) electrons. The van der Waals surface area contributed by atoms with Gasteiger partial charge in [-0.15, -0.1) is 0 Å². The van der Waals surface area contributed by atoms with Crippen LogP contribution in [0.5, 0.6) is 0 Å². The number of piperazine rings is 1. The number of fused-ring (bicyclic) bond motifs is 1. The number of aliphatic hydroxyl groups excluding tert-OH is 1. The van der Waals surface area contributed by atoms with Gasteiger partial charge in [-0.2, -0.15) is 0 Å². The van der Waals surface area contributed by atoms with E-state index in [1.165, 1.54) is 23.3 Å². The molecule has 2 aliphatic heterocycles. The number of rotatable bonds is 8. The third kappa shape index (κ3) is 6.03. The number of carboxylic acid groups (broad SMARTS) is 1. The summed E-state index contributed by atoms with van der Waals surface area (Å²) in [5, 5.41) is 20.1. The van der Waals surface area contributed by atoms with Crippen LogP contribution in [-0.2, 0) is 28.9 Å². The summed E-state index contributed by atoms with van der Waals surface area (Å²) in [6, 6.07) is 8.87. The van der Waals surface area contributed by atoms with E-state index >= 15 is 0 Å². The van der Waals surface area contributed by atoms with Gasteiger partial charge in [0, 0.05) is 56.3 Å². The molecule has 2 heterocycles. The van der Waals surface area contributed by atoms with Crippen LogP contribution >= 0.6 is 0 Å². The molecular weight excluding hydrogens is 528 g/mol. The molecule has 0 aromatic heterocycles. The number of carbonyl (C=O) groups excluding carboxylic acids is 1. The molecule has 0 bridgehead atoms. The summed E-state index contributed by atoms with van der Waals surface area (Å²) in [5.41, 5.74) is 3.38. The minimum absolute atomic E-state index is 0.118. The molecule has 3 aliphatic rings. The molecule has 0 unspecified atom stereocenters. The summed E-state index contributed by atoms with van der Waals surface area (Å²) in [4.78, 5) is 32.2. The topological polar surface area (TPSA) is 84.3 Å². The molecule has 2 N–H and O–H groups in total. The number of aliphatic carboxylic acids is 1. The molecule has 222 valence electrons.